The number of aromatic amines is 2. The second-order valence-corrected chi connectivity index (χ2v) is 3.49. The van der Waals surface area contributed by atoms with E-state index in [9.17, 15) is 4.79 Å². The fourth-order valence-electron chi connectivity index (χ4n) is 1.33. The van der Waals surface area contributed by atoms with E-state index in [1.54, 1.807) is 13.2 Å². The van der Waals surface area contributed by atoms with Gasteiger partial charge in [0, 0.05) is 13.2 Å². The third-order valence-corrected chi connectivity index (χ3v) is 2.11. The molecule has 0 saturated heterocycles. The highest BCUT2D eigenvalue weighted by Gasteiger charge is 2.14. The zero-order valence-electron chi connectivity index (χ0n) is 9.06. The lowest BCUT2D eigenvalue weighted by Crippen LogP contribution is -2.26. The molecule has 0 radical (unpaired) electrons. The lowest BCUT2D eigenvalue weighted by atomic mass is 10.3. The summed E-state index contributed by atoms with van der Waals surface area (Å²) < 4.78 is 0. The van der Waals surface area contributed by atoms with Gasteiger partial charge < -0.3 is 4.90 Å². The van der Waals surface area contributed by atoms with Crippen LogP contribution in [-0.2, 0) is 6.54 Å². The summed E-state index contributed by atoms with van der Waals surface area (Å²) in [5.41, 5.74) is 0.523. The molecule has 2 aromatic rings. The highest BCUT2D eigenvalue weighted by molar-refractivity contribution is 5.93. The Morgan fingerprint density at radius 1 is 1.56 bits per heavy atom. The molecule has 2 rings (SSSR count). The molecular formula is C9H12N6O. The molecule has 7 nitrogen and oxygen atoms in total. The predicted molar refractivity (Wildman–Crippen MR) is 55.5 cm³/mol. The van der Waals surface area contributed by atoms with E-state index in [2.05, 4.69) is 25.4 Å². The molecule has 0 aliphatic carbocycles. The minimum Gasteiger partial charge on any atom is -0.334 e. The van der Waals surface area contributed by atoms with Gasteiger partial charge in [0.05, 0.1) is 18.3 Å². The average molecular weight is 220 g/mol. The van der Waals surface area contributed by atoms with Gasteiger partial charge in [0.2, 0.25) is 0 Å². The van der Waals surface area contributed by atoms with Crippen molar-refractivity contribution in [2.24, 2.45) is 0 Å². The van der Waals surface area contributed by atoms with Crippen LogP contribution < -0.4 is 0 Å². The number of hydrogen-bond acceptors (Lipinski definition) is 4. The first-order valence-electron chi connectivity index (χ1n) is 4.79. The summed E-state index contributed by atoms with van der Waals surface area (Å²) >= 11 is 0. The Hall–Kier alpha value is -2.18. The van der Waals surface area contributed by atoms with Gasteiger partial charge >= 0.3 is 0 Å². The number of H-pyrrole nitrogens is 2. The van der Waals surface area contributed by atoms with Crippen LogP contribution in [0.4, 0.5) is 0 Å². The summed E-state index contributed by atoms with van der Waals surface area (Å²) in [5.74, 6) is 1.22. The van der Waals surface area contributed by atoms with E-state index >= 15 is 0 Å². The van der Waals surface area contributed by atoms with Crippen LogP contribution in [0.3, 0.4) is 0 Å². The maximum atomic E-state index is 11.8. The fourth-order valence-corrected chi connectivity index (χ4v) is 1.33. The van der Waals surface area contributed by atoms with E-state index in [1.807, 2.05) is 6.92 Å². The summed E-state index contributed by atoms with van der Waals surface area (Å²) in [4.78, 5) is 17.5. The molecule has 2 aromatic heterocycles. The second kappa shape index (κ2) is 4.13. The van der Waals surface area contributed by atoms with E-state index in [0.717, 1.165) is 5.82 Å². The molecule has 0 saturated carbocycles. The van der Waals surface area contributed by atoms with Crippen molar-refractivity contribution in [3.8, 4) is 0 Å². The third-order valence-electron chi connectivity index (χ3n) is 2.11. The van der Waals surface area contributed by atoms with Crippen LogP contribution in [-0.4, -0.2) is 43.2 Å². The van der Waals surface area contributed by atoms with Crippen LogP contribution in [0.5, 0.6) is 0 Å². The number of hydrogen-bond donors (Lipinski definition) is 2. The van der Waals surface area contributed by atoms with E-state index in [1.165, 1.54) is 11.1 Å². The molecule has 0 atom stereocenters. The number of rotatable bonds is 3. The summed E-state index contributed by atoms with van der Waals surface area (Å²) in [5, 5.41) is 13.0. The Morgan fingerprint density at radius 3 is 2.94 bits per heavy atom. The van der Waals surface area contributed by atoms with Gasteiger partial charge in [0.15, 0.2) is 5.82 Å². The van der Waals surface area contributed by atoms with Crippen molar-refractivity contribution in [2.75, 3.05) is 7.05 Å². The fraction of sp³-hybridized carbons (Fsp3) is 0.333. The number of nitrogens with one attached hydrogen (secondary N) is 2. The Kier molecular flexibility index (Phi) is 2.67. The molecular weight excluding hydrogens is 208 g/mol. The lowest BCUT2D eigenvalue weighted by molar-refractivity contribution is 0.0781. The van der Waals surface area contributed by atoms with E-state index in [-0.39, 0.29) is 5.91 Å². The zero-order valence-corrected chi connectivity index (χ0v) is 9.06. The van der Waals surface area contributed by atoms with E-state index in [4.69, 9.17) is 0 Å². The maximum Gasteiger partial charge on any atom is 0.257 e. The Morgan fingerprint density at radius 2 is 2.38 bits per heavy atom. The first kappa shape index (κ1) is 10.3. The smallest absolute Gasteiger partial charge is 0.257 e. The Labute approximate surface area is 91.9 Å². The van der Waals surface area contributed by atoms with Crippen molar-refractivity contribution < 1.29 is 4.79 Å². The predicted octanol–water partition coefficient (Wildman–Crippen LogP) is 0.108. The quantitative estimate of drug-likeness (QED) is 0.768. The highest BCUT2D eigenvalue weighted by Crippen LogP contribution is 2.03. The van der Waals surface area contributed by atoms with Crippen molar-refractivity contribution in [3.05, 3.63) is 29.6 Å². The zero-order chi connectivity index (χ0) is 11.5. The van der Waals surface area contributed by atoms with Crippen LogP contribution in [0.15, 0.2) is 12.4 Å². The van der Waals surface area contributed by atoms with Crippen LogP contribution in [0.1, 0.15) is 22.0 Å². The van der Waals surface area contributed by atoms with Crippen molar-refractivity contribution in [2.45, 2.75) is 13.5 Å². The molecule has 0 aromatic carbocycles. The maximum absolute atomic E-state index is 11.8. The van der Waals surface area contributed by atoms with Gasteiger partial charge in [-0.15, -0.1) is 0 Å². The van der Waals surface area contributed by atoms with Gasteiger partial charge in [-0.1, -0.05) is 0 Å². The first-order chi connectivity index (χ1) is 7.66. The molecule has 84 valence electrons. The number of aromatic nitrogens is 5. The standard InChI is InChI=1S/C9H12N6O/c1-6-12-8(14-13-6)5-15(2)9(16)7-3-10-11-4-7/h3-4H,5H2,1-2H3,(H,10,11)(H,12,13,14). The number of amides is 1. The first-order valence-corrected chi connectivity index (χ1v) is 4.79. The highest BCUT2D eigenvalue weighted by atomic mass is 16.2. The van der Waals surface area contributed by atoms with Gasteiger partial charge in [-0.3, -0.25) is 15.0 Å². The van der Waals surface area contributed by atoms with Gasteiger partial charge in [0.25, 0.3) is 5.91 Å². The third kappa shape index (κ3) is 2.08. The summed E-state index contributed by atoms with van der Waals surface area (Å²) in [6.45, 7) is 2.18. The van der Waals surface area contributed by atoms with Gasteiger partial charge in [-0.2, -0.15) is 10.2 Å². The Bertz CT molecular complexity index is 474. The van der Waals surface area contributed by atoms with Gasteiger partial charge in [-0.05, 0) is 6.92 Å². The molecule has 0 bridgehead atoms. The van der Waals surface area contributed by atoms with Crippen LogP contribution in [0.25, 0.3) is 0 Å². The molecule has 0 unspecified atom stereocenters. The van der Waals surface area contributed by atoms with Gasteiger partial charge in [-0.25, -0.2) is 4.98 Å². The lowest BCUT2D eigenvalue weighted by Gasteiger charge is -2.13. The molecule has 7 heteroatoms. The summed E-state index contributed by atoms with van der Waals surface area (Å²) in [6.07, 6.45) is 3.05. The SMILES string of the molecule is Cc1nc(CN(C)C(=O)c2cn[nH]c2)n[nH]1. The van der Waals surface area contributed by atoms with Crippen LogP contribution in [0.2, 0.25) is 0 Å². The second-order valence-electron chi connectivity index (χ2n) is 3.49. The topological polar surface area (TPSA) is 90.6 Å². The van der Waals surface area contributed by atoms with E-state index < -0.39 is 0 Å². The van der Waals surface area contributed by atoms with E-state index in [0.29, 0.717) is 17.9 Å². The van der Waals surface area contributed by atoms with Crippen molar-refractivity contribution in [3.63, 3.8) is 0 Å². The molecule has 1 amide bonds. The number of aryl methyl sites for hydroxylation is 1. The molecule has 2 N–H and O–H groups in total. The summed E-state index contributed by atoms with van der Waals surface area (Å²) in [7, 11) is 1.70. The normalized spacial score (nSPS) is 10.4. The minimum atomic E-state index is -0.115. The molecule has 0 spiro atoms. The Balaban J connectivity index is 2.03. The monoisotopic (exact) mass is 220 g/mol. The molecule has 16 heavy (non-hydrogen) atoms. The number of carbonyl (C=O) groups excluding carboxylic acids is 1. The average Bonchev–Trinajstić information content (AvgIpc) is 2.88. The molecule has 2 heterocycles. The molecule has 0 aliphatic heterocycles. The molecule has 0 fully saturated rings. The molecule has 0 aliphatic rings. The van der Waals surface area contributed by atoms with Gasteiger partial charge in [0.1, 0.15) is 5.82 Å². The summed E-state index contributed by atoms with van der Waals surface area (Å²) in [6, 6.07) is 0. The van der Waals surface area contributed by atoms with Crippen molar-refractivity contribution >= 4 is 5.91 Å². The van der Waals surface area contributed by atoms with Crippen LogP contribution >= 0.6 is 0 Å². The number of nitrogens with zero attached hydrogens (tertiary/aromatic N) is 4. The van der Waals surface area contributed by atoms with Crippen LogP contribution in [0, 0.1) is 6.92 Å². The van der Waals surface area contributed by atoms with Crippen molar-refractivity contribution in [1.29, 1.82) is 0 Å². The largest absolute Gasteiger partial charge is 0.334 e. The van der Waals surface area contributed by atoms with Crippen molar-refractivity contribution in [1.82, 2.24) is 30.3 Å². The minimum absolute atomic E-state index is 0.115. The number of carbonyl (C=O) groups is 1.